The second-order valence-corrected chi connectivity index (χ2v) is 5.00. The van der Waals surface area contributed by atoms with Gasteiger partial charge in [-0.05, 0) is 37.5 Å². The minimum atomic E-state index is 0.588. The van der Waals surface area contributed by atoms with Crippen molar-refractivity contribution >= 4 is 5.82 Å². The van der Waals surface area contributed by atoms with Gasteiger partial charge < -0.3 is 10.5 Å². The first-order chi connectivity index (χ1) is 9.20. The van der Waals surface area contributed by atoms with Gasteiger partial charge in [0.1, 0.15) is 11.6 Å². The zero-order valence-corrected chi connectivity index (χ0v) is 11.4. The van der Waals surface area contributed by atoms with E-state index in [4.69, 9.17) is 10.5 Å². The topological polar surface area (TPSA) is 53.1 Å². The minimum absolute atomic E-state index is 0.588. The maximum Gasteiger partial charge on any atom is 0.129 e. The highest BCUT2D eigenvalue weighted by Gasteiger charge is 2.31. The van der Waals surface area contributed by atoms with Gasteiger partial charge in [-0.15, -0.1) is 0 Å². The molecule has 1 aliphatic rings. The van der Waals surface area contributed by atoms with Gasteiger partial charge in [0.05, 0.1) is 12.3 Å². The number of nitrogens with zero attached hydrogens (tertiary/aromatic N) is 2. The molecule has 1 aliphatic carbocycles. The van der Waals surface area contributed by atoms with Crippen molar-refractivity contribution in [1.82, 2.24) is 9.78 Å². The van der Waals surface area contributed by atoms with E-state index in [1.165, 1.54) is 12.8 Å². The van der Waals surface area contributed by atoms with Crippen LogP contribution in [0.4, 0.5) is 5.82 Å². The summed E-state index contributed by atoms with van der Waals surface area (Å²) in [5.74, 6) is 2.22. The molecule has 0 atom stereocenters. The van der Waals surface area contributed by atoms with E-state index < -0.39 is 0 Å². The lowest BCUT2D eigenvalue weighted by molar-refractivity contribution is 0.340. The Bertz CT molecular complexity index is 582. The number of nitrogens with two attached hydrogens (primary N) is 1. The number of ether oxygens (including phenoxy) is 1. The third-order valence-electron chi connectivity index (χ3n) is 3.54. The average molecular weight is 257 g/mol. The quantitative estimate of drug-likeness (QED) is 0.916. The van der Waals surface area contributed by atoms with Crippen LogP contribution in [0, 0.1) is 0 Å². The molecule has 0 amide bonds. The Balaban J connectivity index is 2.01. The summed E-state index contributed by atoms with van der Waals surface area (Å²) in [7, 11) is 1.90. The Kier molecular flexibility index (Phi) is 2.93. The molecule has 3 rings (SSSR count). The van der Waals surface area contributed by atoms with E-state index in [0.29, 0.717) is 12.5 Å². The first-order valence-corrected chi connectivity index (χ1v) is 6.76. The lowest BCUT2D eigenvalue weighted by Gasteiger charge is -2.06. The molecule has 2 N–H and O–H groups in total. The zero-order valence-electron chi connectivity index (χ0n) is 11.4. The van der Waals surface area contributed by atoms with Crippen molar-refractivity contribution in [3.63, 3.8) is 0 Å². The monoisotopic (exact) mass is 257 g/mol. The van der Waals surface area contributed by atoms with Crippen LogP contribution < -0.4 is 10.5 Å². The maximum atomic E-state index is 6.17. The molecule has 0 saturated heterocycles. The van der Waals surface area contributed by atoms with Crippen LogP contribution in [0.15, 0.2) is 24.3 Å². The second-order valence-electron chi connectivity index (χ2n) is 5.00. The summed E-state index contributed by atoms with van der Waals surface area (Å²) in [4.78, 5) is 0. The number of anilines is 1. The van der Waals surface area contributed by atoms with Crippen LogP contribution in [0.5, 0.6) is 5.75 Å². The van der Waals surface area contributed by atoms with Gasteiger partial charge in [0.25, 0.3) is 0 Å². The lowest BCUT2D eigenvalue weighted by Crippen LogP contribution is -1.98. The summed E-state index contributed by atoms with van der Waals surface area (Å²) in [5, 5.41) is 4.57. The molecule has 1 heterocycles. The number of hydrogen-bond acceptors (Lipinski definition) is 3. The Morgan fingerprint density at radius 2 is 2.00 bits per heavy atom. The number of hydrogen-bond donors (Lipinski definition) is 1. The Labute approximate surface area is 113 Å². The van der Waals surface area contributed by atoms with Crippen LogP contribution in [0.3, 0.4) is 0 Å². The summed E-state index contributed by atoms with van der Waals surface area (Å²) < 4.78 is 7.25. The molecule has 1 saturated carbocycles. The molecule has 4 nitrogen and oxygen atoms in total. The molecule has 100 valence electrons. The molecule has 1 fully saturated rings. The van der Waals surface area contributed by atoms with E-state index in [-0.39, 0.29) is 0 Å². The van der Waals surface area contributed by atoms with Gasteiger partial charge in [-0.25, -0.2) is 0 Å². The summed E-state index contributed by atoms with van der Waals surface area (Å²) in [6.07, 6.45) is 2.45. The van der Waals surface area contributed by atoms with E-state index in [1.54, 1.807) is 4.68 Å². The van der Waals surface area contributed by atoms with Gasteiger partial charge in [-0.1, -0.05) is 12.1 Å². The van der Waals surface area contributed by atoms with Crippen molar-refractivity contribution in [2.75, 3.05) is 12.3 Å². The molecule has 0 unspecified atom stereocenters. The van der Waals surface area contributed by atoms with Crippen molar-refractivity contribution in [3.8, 4) is 16.9 Å². The van der Waals surface area contributed by atoms with Crippen LogP contribution in [-0.2, 0) is 7.05 Å². The second kappa shape index (κ2) is 4.61. The number of nitrogen functional groups attached to an aromatic ring is 1. The van der Waals surface area contributed by atoms with Crippen LogP contribution in [0.1, 0.15) is 31.4 Å². The third kappa shape index (κ3) is 2.18. The SMILES string of the molecule is CCOc1ccc(-c2c(C3CC3)nn(C)c2N)cc1. The Morgan fingerprint density at radius 3 is 2.58 bits per heavy atom. The minimum Gasteiger partial charge on any atom is -0.494 e. The summed E-state index contributed by atoms with van der Waals surface area (Å²) >= 11 is 0. The Hall–Kier alpha value is -1.97. The lowest BCUT2D eigenvalue weighted by atomic mass is 10.0. The molecule has 1 aromatic carbocycles. The maximum absolute atomic E-state index is 6.17. The normalized spacial score (nSPS) is 14.6. The molecular weight excluding hydrogens is 238 g/mol. The van der Waals surface area contributed by atoms with Crippen LogP contribution in [-0.4, -0.2) is 16.4 Å². The Morgan fingerprint density at radius 1 is 1.32 bits per heavy atom. The molecule has 0 aliphatic heterocycles. The van der Waals surface area contributed by atoms with Gasteiger partial charge in [0, 0.05) is 18.5 Å². The van der Waals surface area contributed by atoms with Crippen LogP contribution in [0.25, 0.3) is 11.1 Å². The molecule has 0 radical (unpaired) electrons. The highest BCUT2D eigenvalue weighted by Crippen LogP contribution is 2.45. The smallest absolute Gasteiger partial charge is 0.129 e. The number of aromatic nitrogens is 2. The van der Waals surface area contributed by atoms with E-state index in [9.17, 15) is 0 Å². The first kappa shape index (κ1) is 12.1. The molecule has 4 heteroatoms. The van der Waals surface area contributed by atoms with Crippen molar-refractivity contribution < 1.29 is 4.74 Å². The van der Waals surface area contributed by atoms with Gasteiger partial charge >= 0.3 is 0 Å². The van der Waals surface area contributed by atoms with E-state index in [0.717, 1.165) is 28.4 Å². The van der Waals surface area contributed by atoms with Crippen molar-refractivity contribution in [3.05, 3.63) is 30.0 Å². The van der Waals surface area contributed by atoms with Crippen LogP contribution >= 0.6 is 0 Å². The fourth-order valence-corrected chi connectivity index (χ4v) is 2.38. The van der Waals surface area contributed by atoms with E-state index >= 15 is 0 Å². The van der Waals surface area contributed by atoms with E-state index in [2.05, 4.69) is 17.2 Å². The number of rotatable bonds is 4. The number of benzene rings is 1. The number of aryl methyl sites for hydroxylation is 1. The highest BCUT2D eigenvalue weighted by atomic mass is 16.5. The summed E-state index contributed by atoms with van der Waals surface area (Å²) in [5.41, 5.74) is 9.52. The van der Waals surface area contributed by atoms with E-state index in [1.807, 2.05) is 26.1 Å². The molecule has 0 spiro atoms. The first-order valence-electron chi connectivity index (χ1n) is 6.76. The standard InChI is InChI=1S/C15H19N3O/c1-3-19-12-8-6-10(7-9-12)13-14(11-4-5-11)17-18(2)15(13)16/h6-9,11H,3-5,16H2,1-2H3. The molecule has 1 aromatic heterocycles. The summed E-state index contributed by atoms with van der Waals surface area (Å²) in [6.45, 7) is 2.67. The molecule has 2 aromatic rings. The van der Waals surface area contributed by atoms with Gasteiger partial charge in [-0.2, -0.15) is 5.10 Å². The average Bonchev–Trinajstić information content (AvgIpc) is 3.20. The van der Waals surface area contributed by atoms with Crippen LogP contribution in [0.2, 0.25) is 0 Å². The molecule has 19 heavy (non-hydrogen) atoms. The largest absolute Gasteiger partial charge is 0.494 e. The van der Waals surface area contributed by atoms with Crippen molar-refractivity contribution in [2.24, 2.45) is 7.05 Å². The highest BCUT2D eigenvalue weighted by molar-refractivity contribution is 5.77. The third-order valence-corrected chi connectivity index (χ3v) is 3.54. The van der Waals surface area contributed by atoms with Gasteiger partial charge in [0.15, 0.2) is 0 Å². The van der Waals surface area contributed by atoms with Crippen molar-refractivity contribution in [2.45, 2.75) is 25.7 Å². The predicted octanol–water partition coefficient (Wildman–Crippen LogP) is 2.95. The predicted molar refractivity (Wildman–Crippen MR) is 76.2 cm³/mol. The van der Waals surface area contributed by atoms with Crippen molar-refractivity contribution in [1.29, 1.82) is 0 Å². The fourth-order valence-electron chi connectivity index (χ4n) is 2.38. The molecule has 0 bridgehead atoms. The van der Waals surface area contributed by atoms with Gasteiger partial charge in [0.2, 0.25) is 0 Å². The van der Waals surface area contributed by atoms with Gasteiger partial charge in [-0.3, -0.25) is 4.68 Å². The summed E-state index contributed by atoms with van der Waals surface area (Å²) in [6, 6.07) is 8.10. The molecular formula is C15H19N3O. The fraction of sp³-hybridized carbons (Fsp3) is 0.400. The zero-order chi connectivity index (χ0) is 13.4.